The zero-order valence-corrected chi connectivity index (χ0v) is 16.7. The molecule has 0 bridgehead atoms. The van der Waals surface area contributed by atoms with E-state index in [4.69, 9.17) is 4.74 Å². The lowest BCUT2D eigenvalue weighted by molar-refractivity contribution is 0.0730. The van der Waals surface area contributed by atoms with Crippen LogP contribution >= 0.6 is 11.3 Å². The number of morpholine rings is 1. The first kappa shape index (κ1) is 19.9. The van der Waals surface area contributed by atoms with E-state index in [9.17, 15) is 13.2 Å². The van der Waals surface area contributed by atoms with Gasteiger partial charge in [0, 0.05) is 25.1 Å². The van der Waals surface area contributed by atoms with E-state index in [-0.39, 0.29) is 10.5 Å². The molecular weight excluding hydrogens is 388 g/mol. The molecule has 1 fully saturated rings. The van der Waals surface area contributed by atoms with E-state index in [0.717, 1.165) is 24.3 Å². The fourth-order valence-corrected chi connectivity index (χ4v) is 4.87. The number of hydrogen-bond acceptors (Lipinski definition) is 7. The van der Waals surface area contributed by atoms with E-state index in [0.29, 0.717) is 31.4 Å². The van der Waals surface area contributed by atoms with Gasteiger partial charge < -0.3 is 4.74 Å². The number of ether oxygens (including phenoxy) is 1. The molecule has 10 heteroatoms. The van der Waals surface area contributed by atoms with Gasteiger partial charge in [-0.25, -0.2) is 8.42 Å². The van der Waals surface area contributed by atoms with E-state index < -0.39 is 15.9 Å². The first-order valence-corrected chi connectivity index (χ1v) is 11.1. The maximum absolute atomic E-state index is 12.7. The van der Waals surface area contributed by atoms with Crippen LogP contribution < -0.4 is 5.32 Å². The van der Waals surface area contributed by atoms with Crippen molar-refractivity contribution in [3.05, 3.63) is 34.8 Å². The molecule has 0 atom stereocenters. The number of anilines is 1. The SMILES string of the molecule is CCCCc1nnc(NC(=O)c2cccc(S(=O)(=O)N3CCOCC3)c2)s1. The van der Waals surface area contributed by atoms with Gasteiger partial charge in [-0.3, -0.25) is 10.1 Å². The number of carbonyl (C=O) groups excluding carboxylic acids is 1. The van der Waals surface area contributed by atoms with Crippen LogP contribution in [-0.4, -0.2) is 55.1 Å². The van der Waals surface area contributed by atoms with Crippen molar-refractivity contribution in [1.82, 2.24) is 14.5 Å². The lowest BCUT2D eigenvalue weighted by Gasteiger charge is -2.26. The molecule has 0 saturated carbocycles. The average Bonchev–Trinajstić information content (AvgIpc) is 3.14. The Morgan fingerprint density at radius 2 is 2.07 bits per heavy atom. The molecule has 8 nitrogen and oxygen atoms in total. The van der Waals surface area contributed by atoms with Gasteiger partial charge in [-0.1, -0.05) is 30.7 Å². The minimum Gasteiger partial charge on any atom is -0.379 e. The fourth-order valence-electron chi connectivity index (χ4n) is 2.64. The summed E-state index contributed by atoms with van der Waals surface area (Å²) < 4.78 is 32.1. The molecule has 1 amide bonds. The smallest absolute Gasteiger partial charge is 0.257 e. The molecule has 1 aliphatic heterocycles. The Kier molecular flexibility index (Phi) is 6.53. The third-order valence-electron chi connectivity index (χ3n) is 4.14. The van der Waals surface area contributed by atoms with Crippen molar-refractivity contribution in [3.8, 4) is 0 Å². The summed E-state index contributed by atoms with van der Waals surface area (Å²) in [5, 5.41) is 12.0. The van der Waals surface area contributed by atoms with Crippen LogP contribution in [0.1, 0.15) is 35.1 Å². The summed E-state index contributed by atoms with van der Waals surface area (Å²) in [6.07, 6.45) is 2.91. The summed E-state index contributed by atoms with van der Waals surface area (Å²) in [6, 6.07) is 6.02. The quantitative estimate of drug-likeness (QED) is 0.750. The summed E-state index contributed by atoms with van der Waals surface area (Å²) in [6.45, 7) is 3.46. The van der Waals surface area contributed by atoms with Crippen LogP contribution in [0.3, 0.4) is 0 Å². The number of nitrogens with zero attached hydrogens (tertiary/aromatic N) is 3. The highest BCUT2D eigenvalue weighted by Gasteiger charge is 2.27. The average molecular weight is 411 g/mol. The van der Waals surface area contributed by atoms with Crippen molar-refractivity contribution in [1.29, 1.82) is 0 Å². The third-order valence-corrected chi connectivity index (χ3v) is 6.93. The van der Waals surface area contributed by atoms with Gasteiger partial charge >= 0.3 is 0 Å². The number of rotatable bonds is 7. The minimum atomic E-state index is -3.65. The van der Waals surface area contributed by atoms with Crippen LogP contribution in [0.15, 0.2) is 29.2 Å². The van der Waals surface area contributed by atoms with Crippen LogP contribution in [0.2, 0.25) is 0 Å². The Bertz CT molecular complexity index is 892. The van der Waals surface area contributed by atoms with Crippen LogP contribution in [0, 0.1) is 0 Å². The second-order valence-electron chi connectivity index (χ2n) is 6.10. The van der Waals surface area contributed by atoms with Crippen LogP contribution in [0.5, 0.6) is 0 Å². The van der Waals surface area contributed by atoms with Gasteiger partial charge in [0.05, 0.1) is 18.1 Å². The molecule has 0 unspecified atom stereocenters. The van der Waals surface area contributed by atoms with Gasteiger partial charge in [0.1, 0.15) is 5.01 Å². The van der Waals surface area contributed by atoms with E-state index in [1.807, 2.05) is 0 Å². The predicted molar refractivity (Wildman–Crippen MR) is 102 cm³/mol. The predicted octanol–water partition coefficient (Wildman–Crippen LogP) is 2.15. The molecule has 2 aromatic rings. The summed E-state index contributed by atoms with van der Waals surface area (Å²) in [7, 11) is -3.65. The summed E-state index contributed by atoms with van der Waals surface area (Å²) in [4.78, 5) is 12.6. The molecule has 1 N–H and O–H groups in total. The zero-order valence-electron chi connectivity index (χ0n) is 15.1. The molecule has 0 aliphatic carbocycles. The molecule has 1 saturated heterocycles. The first-order valence-electron chi connectivity index (χ1n) is 8.82. The summed E-state index contributed by atoms with van der Waals surface area (Å²) >= 11 is 1.33. The molecular formula is C17H22N4O4S2. The number of unbranched alkanes of at least 4 members (excludes halogenated alkanes) is 1. The molecule has 1 aliphatic rings. The van der Waals surface area contributed by atoms with Gasteiger partial charge in [-0.15, -0.1) is 10.2 Å². The monoisotopic (exact) mass is 410 g/mol. The number of amides is 1. The van der Waals surface area contributed by atoms with Crippen molar-refractivity contribution in [3.63, 3.8) is 0 Å². The maximum atomic E-state index is 12.7. The van der Waals surface area contributed by atoms with E-state index in [1.54, 1.807) is 12.1 Å². The van der Waals surface area contributed by atoms with Crippen molar-refractivity contribution < 1.29 is 17.9 Å². The Morgan fingerprint density at radius 3 is 2.81 bits per heavy atom. The van der Waals surface area contributed by atoms with Crippen LogP contribution in [0.25, 0.3) is 0 Å². The fraction of sp³-hybridized carbons (Fsp3) is 0.471. The molecule has 0 radical (unpaired) electrons. The molecule has 0 spiro atoms. The molecule has 1 aromatic heterocycles. The lowest BCUT2D eigenvalue weighted by atomic mass is 10.2. The van der Waals surface area contributed by atoms with Crippen molar-refractivity contribution in [2.75, 3.05) is 31.6 Å². The van der Waals surface area contributed by atoms with Gasteiger partial charge in [0.2, 0.25) is 15.2 Å². The van der Waals surface area contributed by atoms with E-state index in [1.165, 1.54) is 27.8 Å². The van der Waals surface area contributed by atoms with Crippen LogP contribution in [0.4, 0.5) is 5.13 Å². The van der Waals surface area contributed by atoms with Crippen LogP contribution in [-0.2, 0) is 21.2 Å². The zero-order chi connectivity index (χ0) is 19.3. The molecule has 3 rings (SSSR count). The molecule has 1 aromatic carbocycles. The highest BCUT2D eigenvalue weighted by Crippen LogP contribution is 2.21. The summed E-state index contributed by atoms with van der Waals surface area (Å²) in [5.74, 6) is -0.410. The second-order valence-corrected chi connectivity index (χ2v) is 9.10. The molecule has 27 heavy (non-hydrogen) atoms. The molecule has 2 heterocycles. The van der Waals surface area contributed by atoms with E-state index in [2.05, 4.69) is 22.4 Å². The van der Waals surface area contributed by atoms with E-state index >= 15 is 0 Å². The van der Waals surface area contributed by atoms with Crippen molar-refractivity contribution >= 4 is 32.4 Å². The summed E-state index contributed by atoms with van der Waals surface area (Å²) in [5.41, 5.74) is 0.259. The highest BCUT2D eigenvalue weighted by atomic mass is 32.2. The maximum Gasteiger partial charge on any atom is 0.257 e. The Balaban J connectivity index is 1.72. The standard InChI is InChI=1S/C17H22N4O4S2/c1-2-3-7-15-19-20-17(26-15)18-16(22)13-5-4-6-14(12-13)27(23,24)21-8-10-25-11-9-21/h4-6,12H,2-3,7-11H2,1H3,(H,18,20,22). The Labute approximate surface area is 162 Å². The second kappa shape index (κ2) is 8.87. The number of nitrogens with one attached hydrogen (secondary N) is 1. The van der Waals surface area contributed by atoms with Crippen molar-refractivity contribution in [2.45, 2.75) is 31.1 Å². The Hall–Kier alpha value is -1.88. The lowest BCUT2D eigenvalue weighted by Crippen LogP contribution is -2.40. The third kappa shape index (κ3) is 4.89. The normalized spacial score (nSPS) is 15.6. The topological polar surface area (TPSA) is 101 Å². The molecule has 146 valence electrons. The number of aryl methyl sites for hydroxylation is 1. The number of carbonyl (C=O) groups is 1. The number of aromatic nitrogens is 2. The van der Waals surface area contributed by atoms with Crippen molar-refractivity contribution in [2.24, 2.45) is 0 Å². The number of hydrogen-bond donors (Lipinski definition) is 1. The number of benzene rings is 1. The van der Waals surface area contributed by atoms with Gasteiger partial charge in [-0.2, -0.15) is 4.31 Å². The largest absolute Gasteiger partial charge is 0.379 e. The highest BCUT2D eigenvalue weighted by molar-refractivity contribution is 7.89. The number of sulfonamides is 1. The van der Waals surface area contributed by atoms with Gasteiger partial charge in [-0.05, 0) is 24.6 Å². The van der Waals surface area contributed by atoms with Gasteiger partial charge in [0.15, 0.2) is 0 Å². The Morgan fingerprint density at radius 1 is 1.30 bits per heavy atom. The first-order chi connectivity index (χ1) is 13.0. The van der Waals surface area contributed by atoms with Gasteiger partial charge in [0.25, 0.3) is 5.91 Å². The minimum absolute atomic E-state index is 0.0953.